The molecule has 0 fully saturated rings. The molecule has 0 saturated heterocycles. The minimum Gasteiger partial charge on any atom is -0.283 e. The second kappa shape index (κ2) is 11.0. The third kappa shape index (κ3) is 4.72. The molecule has 0 unspecified atom stereocenters. The maximum Gasteiger partial charge on any atom is 0.0698 e. The van der Waals surface area contributed by atoms with Gasteiger partial charge >= 0.3 is 0 Å². The second-order valence-electron chi connectivity index (χ2n) is 9.72. The number of benzene rings is 2. The van der Waals surface area contributed by atoms with Gasteiger partial charge in [-0.2, -0.15) is 0 Å². The zero-order valence-corrected chi connectivity index (χ0v) is 19.7. The Hall–Kier alpha value is -2.29. The van der Waals surface area contributed by atoms with Crippen LogP contribution in [0.2, 0.25) is 0 Å². The molecule has 4 rings (SSSR count). The van der Waals surface area contributed by atoms with E-state index in [2.05, 4.69) is 70.4 Å². The van der Waals surface area contributed by atoms with Crippen molar-refractivity contribution in [2.24, 2.45) is 5.11 Å². The van der Waals surface area contributed by atoms with Crippen molar-refractivity contribution in [3.8, 4) is 0 Å². The van der Waals surface area contributed by atoms with Crippen LogP contribution in [0.3, 0.4) is 0 Å². The fraction of sp³-hybridized carbons (Fsp3) is 0.571. The molecule has 2 aromatic rings. The third-order valence-corrected chi connectivity index (χ3v) is 7.72. The van der Waals surface area contributed by atoms with E-state index >= 15 is 0 Å². The molecule has 4 nitrogen and oxygen atoms in total. The van der Waals surface area contributed by atoms with E-state index in [4.69, 9.17) is 5.53 Å². The number of unbranched alkanes of at least 4 members (excludes halogenated alkanes) is 9. The number of azide groups is 1. The molecule has 0 spiro atoms. The molecule has 2 aliphatic heterocycles. The standard InChI is InChI=1S/C28H38N4/c1-28-25-18-12-10-16-23(25)22-27(24-17-11-13-19-26(24)28)32(28)21-15-9-7-5-3-2-4-6-8-14-20-30-31-29/h10-13,16-19,27H,2-9,14-15,20-22H2,1H3/t27-,28+/m1/s1. The van der Waals surface area contributed by atoms with Crippen molar-refractivity contribution in [3.05, 3.63) is 81.2 Å². The van der Waals surface area contributed by atoms with Gasteiger partial charge in [-0.1, -0.05) is 105 Å². The molecule has 0 aliphatic carbocycles. The maximum absolute atomic E-state index is 8.28. The van der Waals surface area contributed by atoms with Crippen LogP contribution < -0.4 is 0 Å². The van der Waals surface area contributed by atoms with E-state index in [0.29, 0.717) is 12.6 Å². The lowest BCUT2D eigenvalue weighted by atomic mass is 9.80. The summed E-state index contributed by atoms with van der Waals surface area (Å²) in [6.07, 6.45) is 14.0. The van der Waals surface area contributed by atoms with Crippen molar-refractivity contribution < 1.29 is 0 Å². The van der Waals surface area contributed by atoms with E-state index < -0.39 is 0 Å². The second-order valence-corrected chi connectivity index (χ2v) is 9.72. The molecule has 0 radical (unpaired) electrons. The number of rotatable bonds is 13. The van der Waals surface area contributed by atoms with Crippen LogP contribution in [0.15, 0.2) is 53.6 Å². The Bertz CT molecular complexity index is 920. The fourth-order valence-corrected chi connectivity index (χ4v) is 6.07. The van der Waals surface area contributed by atoms with Crippen LogP contribution >= 0.6 is 0 Å². The lowest BCUT2D eigenvalue weighted by Gasteiger charge is -2.44. The molecule has 0 N–H and O–H groups in total. The van der Waals surface area contributed by atoms with E-state index in [1.165, 1.54) is 81.0 Å². The molecule has 2 atom stereocenters. The van der Waals surface area contributed by atoms with Gasteiger partial charge < -0.3 is 0 Å². The summed E-state index contributed by atoms with van der Waals surface area (Å²) in [5.41, 5.74) is 14.4. The Morgan fingerprint density at radius 2 is 1.44 bits per heavy atom. The van der Waals surface area contributed by atoms with Crippen LogP contribution in [0.25, 0.3) is 10.4 Å². The maximum atomic E-state index is 8.28. The lowest BCUT2D eigenvalue weighted by molar-refractivity contribution is 0.0929. The molecule has 2 heterocycles. The number of hydrogen-bond acceptors (Lipinski definition) is 2. The van der Waals surface area contributed by atoms with Crippen LogP contribution in [0.5, 0.6) is 0 Å². The molecule has 2 aliphatic rings. The quantitative estimate of drug-likeness (QED) is 0.137. The minimum absolute atomic E-state index is 0.0225. The Balaban J connectivity index is 1.21. The highest BCUT2D eigenvalue weighted by Gasteiger charge is 2.51. The predicted molar refractivity (Wildman–Crippen MR) is 133 cm³/mol. The SMILES string of the molecule is C[C@]12c3ccccc3C[C@H](c3ccccc31)N2CCCCCCCCCCCCN=[N+]=[N-]. The molecule has 0 saturated carbocycles. The van der Waals surface area contributed by atoms with Gasteiger partial charge in [0, 0.05) is 17.5 Å². The largest absolute Gasteiger partial charge is 0.283 e. The monoisotopic (exact) mass is 430 g/mol. The van der Waals surface area contributed by atoms with Gasteiger partial charge in [0.1, 0.15) is 0 Å². The fourth-order valence-electron chi connectivity index (χ4n) is 6.07. The molecule has 170 valence electrons. The lowest BCUT2D eigenvalue weighted by Crippen LogP contribution is -2.45. The average molecular weight is 431 g/mol. The van der Waals surface area contributed by atoms with Crippen molar-refractivity contribution in [1.82, 2.24) is 4.90 Å². The van der Waals surface area contributed by atoms with E-state index in [1.54, 1.807) is 5.56 Å². The summed E-state index contributed by atoms with van der Waals surface area (Å²) in [6, 6.07) is 18.8. The van der Waals surface area contributed by atoms with Crippen molar-refractivity contribution in [1.29, 1.82) is 0 Å². The highest BCUT2D eigenvalue weighted by atomic mass is 15.3. The summed E-state index contributed by atoms with van der Waals surface area (Å²) in [5.74, 6) is 0. The average Bonchev–Trinajstić information content (AvgIpc) is 2.99. The Morgan fingerprint density at radius 3 is 2.16 bits per heavy atom. The van der Waals surface area contributed by atoms with E-state index in [1.807, 2.05) is 0 Å². The molecule has 2 aromatic carbocycles. The minimum atomic E-state index is 0.0225. The Labute approximate surface area is 193 Å². The van der Waals surface area contributed by atoms with Crippen molar-refractivity contribution >= 4 is 0 Å². The molecule has 0 aromatic heterocycles. The van der Waals surface area contributed by atoms with Crippen molar-refractivity contribution in [2.75, 3.05) is 13.1 Å². The van der Waals surface area contributed by atoms with Gasteiger partial charge in [-0.15, -0.1) is 0 Å². The van der Waals surface area contributed by atoms with Crippen LogP contribution in [-0.2, 0) is 12.0 Å². The Morgan fingerprint density at radius 1 is 0.844 bits per heavy atom. The summed E-state index contributed by atoms with van der Waals surface area (Å²) >= 11 is 0. The van der Waals surface area contributed by atoms with Gasteiger partial charge in [-0.3, -0.25) is 4.90 Å². The Kier molecular flexibility index (Phi) is 7.89. The zero-order chi connectivity index (χ0) is 22.2. The highest BCUT2D eigenvalue weighted by molar-refractivity contribution is 5.54. The third-order valence-electron chi connectivity index (χ3n) is 7.72. The van der Waals surface area contributed by atoms with Gasteiger partial charge in [0.25, 0.3) is 0 Å². The summed E-state index contributed by atoms with van der Waals surface area (Å²) in [4.78, 5) is 5.61. The molecule has 4 heteroatoms. The van der Waals surface area contributed by atoms with Crippen LogP contribution in [0, 0.1) is 0 Å². The molecule has 32 heavy (non-hydrogen) atoms. The first-order valence-corrected chi connectivity index (χ1v) is 12.7. The van der Waals surface area contributed by atoms with Crippen molar-refractivity contribution in [3.63, 3.8) is 0 Å². The first-order valence-electron chi connectivity index (χ1n) is 12.7. The number of hydrogen-bond donors (Lipinski definition) is 0. The molecular weight excluding hydrogens is 392 g/mol. The summed E-state index contributed by atoms with van der Waals surface area (Å²) in [6.45, 7) is 4.30. The van der Waals surface area contributed by atoms with E-state index in [0.717, 1.165) is 12.8 Å². The molecule has 2 bridgehead atoms. The first-order chi connectivity index (χ1) is 15.8. The smallest absolute Gasteiger partial charge is 0.0698 e. The predicted octanol–water partition coefficient (Wildman–Crippen LogP) is 8.07. The van der Waals surface area contributed by atoms with Gasteiger partial charge in [-0.25, -0.2) is 0 Å². The van der Waals surface area contributed by atoms with Crippen LogP contribution in [0.1, 0.15) is 99.4 Å². The summed E-state index contributed by atoms with van der Waals surface area (Å²) < 4.78 is 0. The van der Waals surface area contributed by atoms with E-state index in [-0.39, 0.29) is 5.54 Å². The number of fused-ring (bicyclic) bond motifs is 7. The summed E-state index contributed by atoms with van der Waals surface area (Å²) in [5, 5.41) is 3.60. The van der Waals surface area contributed by atoms with Gasteiger partial charge in [-0.05, 0) is 60.5 Å². The highest BCUT2D eigenvalue weighted by Crippen LogP contribution is 2.55. The van der Waals surface area contributed by atoms with Crippen LogP contribution in [-0.4, -0.2) is 18.0 Å². The van der Waals surface area contributed by atoms with Gasteiger partial charge in [0.15, 0.2) is 0 Å². The van der Waals surface area contributed by atoms with Gasteiger partial charge in [0.05, 0.1) is 5.54 Å². The first kappa shape index (κ1) is 22.9. The summed E-state index contributed by atoms with van der Waals surface area (Å²) in [7, 11) is 0. The molecule has 0 amide bonds. The zero-order valence-electron chi connectivity index (χ0n) is 19.7. The topological polar surface area (TPSA) is 52.0 Å². The normalized spacial score (nSPS) is 21.1. The van der Waals surface area contributed by atoms with Crippen molar-refractivity contribution in [2.45, 2.75) is 89.1 Å². The number of nitrogens with zero attached hydrogens (tertiary/aromatic N) is 4. The van der Waals surface area contributed by atoms with Gasteiger partial charge in [0.2, 0.25) is 0 Å². The van der Waals surface area contributed by atoms with Crippen LogP contribution in [0.4, 0.5) is 0 Å². The molecular formula is C28H38N4. The van der Waals surface area contributed by atoms with E-state index in [9.17, 15) is 0 Å².